The van der Waals surface area contributed by atoms with Crippen molar-refractivity contribution in [2.45, 2.75) is 50.6 Å². The molecule has 0 aromatic heterocycles. The van der Waals surface area contributed by atoms with Crippen molar-refractivity contribution in [2.24, 2.45) is 0 Å². The van der Waals surface area contributed by atoms with Crippen LogP contribution in [0.1, 0.15) is 48.9 Å². The maximum Gasteiger partial charge on any atom is 0.338 e. The third kappa shape index (κ3) is 5.28. The molecule has 0 N–H and O–H groups in total. The molecule has 30 heavy (non-hydrogen) atoms. The third-order valence-electron chi connectivity index (χ3n) is 5.56. The molecule has 164 valence electrons. The third-order valence-corrected chi connectivity index (χ3v) is 7.63. The van der Waals surface area contributed by atoms with Crippen LogP contribution >= 0.6 is 11.6 Å². The molecular formula is C19H23ClN2O7S. The predicted octanol–water partition coefficient (Wildman–Crippen LogP) is 2.75. The van der Waals surface area contributed by atoms with Crippen molar-refractivity contribution in [1.29, 1.82) is 0 Å². The largest absolute Gasteiger partial charge is 0.452 e. The highest BCUT2D eigenvalue weighted by Gasteiger charge is 2.38. The topological polar surface area (TPSA) is 124 Å². The molecule has 0 radical (unpaired) electrons. The van der Waals surface area contributed by atoms with Gasteiger partial charge in [0.05, 0.1) is 22.0 Å². The van der Waals surface area contributed by atoms with Gasteiger partial charge >= 0.3 is 5.97 Å². The predicted molar refractivity (Wildman–Crippen MR) is 109 cm³/mol. The van der Waals surface area contributed by atoms with Crippen molar-refractivity contribution in [1.82, 2.24) is 4.90 Å². The molecule has 0 spiro atoms. The number of esters is 1. The molecule has 1 aromatic rings. The number of nitrogens with zero attached hydrogens (tertiary/aromatic N) is 2. The van der Waals surface area contributed by atoms with Crippen molar-refractivity contribution in [3.63, 3.8) is 0 Å². The molecule has 1 saturated carbocycles. The van der Waals surface area contributed by atoms with Crippen molar-refractivity contribution in [3.8, 4) is 0 Å². The van der Waals surface area contributed by atoms with Crippen molar-refractivity contribution >= 4 is 39.0 Å². The quantitative estimate of drug-likeness (QED) is 0.364. The van der Waals surface area contributed by atoms with Crippen molar-refractivity contribution in [3.05, 3.63) is 38.9 Å². The second-order valence-corrected chi connectivity index (χ2v) is 10.3. The number of carbonyl (C=O) groups is 2. The van der Waals surface area contributed by atoms with Gasteiger partial charge in [-0.2, -0.15) is 0 Å². The van der Waals surface area contributed by atoms with Gasteiger partial charge in [0.1, 0.15) is 5.02 Å². The number of hydrogen-bond donors (Lipinski definition) is 0. The molecule has 1 saturated heterocycles. The first-order valence-electron chi connectivity index (χ1n) is 9.80. The smallest absolute Gasteiger partial charge is 0.338 e. The number of amides is 1. The first-order valence-corrected chi connectivity index (χ1v) is 12.0. The second kappa shape index (κ2) is 9.30. The molecule has 1 unspecified atom stereocenters. The van der Waals surface area contributed by atoms with Crippen LogP contribution in [0.3, 0.4) is 0 Å². The van der Waals surface area contributed by atoms with Crippen LogP contribution < -0.4 is 0 Å². The van der Waals surface area contributed by atoms with E-state index in [2.05, 4.69) is 0 Å². The van der Waals surface area contributed by atoms with Gasteiger partial charge in [-0.3, -0.25) is 14.9 Å². The molecule has 1 heterocycles. The summed E-state index contributed by atoms with van der Waals surface area (Å²) in [5, 5.41) is 10.9. The minimum absolute atomic E-state index is 0.0440. The molecule has 1 aliphatic carbocycles. The second-order valence-electron chi connectivity index (χ2n) is 7.65. The summed E-state index contributed by atoms with van der Waals surface area (Å²) in [5.74, 6) is -1.36. The Morgan fingerprint density at radius 1 is 1.17 bits per heavy atom. The van der Waals surface area contributed by atoms with Crippen LogP contribution in [0.15, 0.2) is 18.2 Å². The summed E-state index contributed by atoms with van der Waals surface area (Å²) in [6.07, 6.45) is 4.96. The zero-order valence-electron chi connectivity index (χ0n) is 16.3. The number of benzene rings is 1. The highest BCUT2D eigenvalue weighted by atomic mass is 35.5. The number of carbonyl (C=O) groups excluding carboxylic acids is 2. The molecule has 3 rings (SSSR count). The van der Waals surface area contributed by atoms with E-state index in [4.69, 9.17) is 16.3 Å². The Morgan fingerprint density at radius 2 is 1.87 bits per heavy atom. The van der Waals surface area contributed by atoms with E-state index in [0.717, 1.165) is 38.2 Å². The molecule has 2 aliphatic rings. The number of hydrogen-bond acceptors (Lipinski definition) is 7. The van der Waals surface area contributed by atoms with Crippen LogP contribution in [-0.4, -0.2) is 60.3 Å². The fourth-order valence-corrected chi connectivity index (χ4v) is 6.02. The van der Waals surface area contributed by atoms with E-state index in [0.29, 0.717) is 6.42 Å². The average Bonchev–Trinajstić information content (AvgIpc) is 3.06. The first kappa shape index (κ1) is 22.5. The van der Waals surface area contributed by atoms with E-state index in [9.17, 15) is 28.1 Å². The van der Waals surface area contributed by atoms with Crippen LogP contribution in [0.5, 0.6) is 0 Å². The number of rotatable bonds is 6. The number of nitro groups is 1. The van der Waals surface area contributed by atoms with Crippen molar-refractivity contribution in [2.75, 3.05) is 18.1 Å². The zero-order chi connectivity index (χ0) is 21.9. The molecule has 2 fully saturated rings. The summed E-state index contributed by atoms with van der Waals surface area (Å²) in [5.41, 5.74) is -0.524. The maximum atomic E-state index is 12.9. The van der Waals surface area contributed by atoms with E-state index < -0.39 is 45.0 Å². The lowest BCUT2D eigenvalue weighted by Crippen LogP contribution is -2.50. The Hall–Kier alpha value is -2.20. The van der Waals surface area contributed by atoms with Gasteiger partial charge in [-0.1, -0.05) is 30.9 Å². The lowest BCUT2D eigenvalue weighted by atomic mass is 9.93. The molecule has 1 atom stereocenters. The van der Waals surface area contributed by atoms with E-state index in [-0.39, 0.29) is 28.1 Å². The fraction of sp³-hybridized carbons (Fsp3) is 0.579. The molecule has 1 aliphatic heterocycles. The van der Waals surface area contributed by atoms with E-state index in [1.807, 2.05) is 0 Å². The minimum Gasteiger partial charge on any atom is -0.452 e. The van der Waals surface area contributed by atoms with Gasteiger partial charge in [0.2, 0.25) is 0 Å². The van der Waals surface area contributed by atoms with Crippen LogP contribution in [0, 0.1) is 10.1 Å². The van der Waals surface area contributed by atoms with Gasteiger partial charge in [0.15, 0.2) is 16.4 Å². The Balaban J connectivity index is 1.70. The average molecular weight is 459 g/mol. The molecule has 11 heteroatoms. The van der Waals surface area contributed by atoms with Crippen LogP contribution in [0.25, 0.3) is 0 Å². The molecule has 1 aromatic carbocycles. The number of halogens is 1. The van der Waals surface area contributed by atoms with Gasteiger partial charge in [-0.05, 0) is 31.4 Å². The van der Waals surface area contributed by atoms with E-state index in [1.165, 1.54) is 12.1 Å². The lowest BCUT2D eigenvalue weighted by Gasteiger charge is -2.38. The lowest BCUT2D eigenvalue weighted by molar-refractivity contribution is -0.384. The van der Waals surface area contributed by atoms with Gasteiger partial charge < -0.3 is 9.64 Å². The Kier molecular flexibility index (Phi) is 6.97. The van der Waals surface area contributed by atoms with E-state index >= 15 is 0 Å². The standard InChI is InChI=1S/C19H23ClN2O7S/c20-16-7-6-13(10-17(16)22(25)26)19(24)29-11-18(23)21(14-4-2-1-3-5-14)15-8-9-30(27,28)12-15/h6-7,10,14-15H,1-5,8-9,11-12H2. The highest BCUT2D eigenvalue weighted by Crippen LogP contribution is 2.29. The molecule has 9 nitrogen and oxygen atoms in total. The van der Waals surface area contributed by atoms with Gasteiger partial charge in [0, 0.05) is 18.2 Å². The maximum absolute atomic E-state index is 12.9. The zero-order valence-corrected chi connectivity index (χ0v) is 17.9. The van der Waals surface area contributed by atoms with Crippen LogP contribution in [0.2, 0.25) is 5.02 Å². The SMILES string of the molecule is O=C(OCC(=O)N(C1CCCCC1)C1CCS(=O)(=O)C1)c1ccc(Cl)c([N+](=O)[O-])c1. The van der Waals surface area contributed by atoms with Crippen LogP contribution in [0.4, 0.5) is 5.69 Å². The number of nitro benzene ring substituents is 1. The summed E-state index contributed by atoms with van der Waals surface area (Å²) in [6.45, 7) is -0.553. The summed E-state index contributed by atoms with van der Waals surface area (Å²) in [6, 6.07) is 3.01. The monoisotopic (exact) mass is 458 g/mol. The van der Waals surface area contributed by atoms with E-state index in [1.54, 1.807) is 4.90 Å². The Bertz CT molecular complexity index is 944. The van der Waals surface area contributed by atoms with Crippen LogP contribution in [-0.2, 0) is 19.4 Å². The van der Waals surface area contributed by atoms with Gasteiger partial charge in [0.25, 0.3) is 11.6 Å². The molecule has 0 bridgehead atoms. The summed E-state index contributed by atoms with van der Waals surface area (Å²) in [4.78, 5) is 37.1. The Morgan fingerprint density at radius 3 is 2.47 bits per heavy atom. The molecule has 1 amide bonds. The van der Waals surface area contributed by atoms with Gasteiger partial charge in [-0.25, -0.2) is 13.2 Å². The first-order chi connectivity index (χ1) is 14.2. The summed E-state index contributed by atoms with van der Waals surface area (Å²) >= 11 is 5.74. The fourth-order valence-electron chi connectivity index (χ4n) is 4.12. The Labute approximate surface area is 179 Å². The minimum atomic E-state index is -3.18. The summed E-state index contributed by atoms with van der Waals surface area (Å²) < 4.78 is 29.0. The highest BCUT2D eigenvalue weighted by molar-refractivity contribution is 7.91. The normalized spacial score (nSPS) is 21.2. The van der Waals surface area contributed by atoms with Gasteiger partial charge in [-0.15, -0.1) is 0 Å². The summed E-state index contributed by atoms with van der Waals surface area (Å²) in [7, 11) is -3.18. The molecular weight excluding hydrogens is 436 g/mol. The number of sulfone groups is 1. The number of ether oxygens (including phenoxy) is 1. The van der Waals surface area contributed by atoms with Crippen molar-refractivity contribution < 1.29 is 27.7 Å².